The highest BCUT2D eigenvalue weighted by molar-refractivity contribution is 7.98. The lowest BCUT2D eigenvalue weighted by atomic mass is 10.2. The molecule has 0 spiro atoms. The molecule has 4 aromatic rings. The third-order valence-corrected chi connectivity index (χ3v) is 5.38. The largest absolute Gasteiger partial charge is 0.346 e. The first kappa shape index (κ1) is 21.6. The number of aryl methyl sites for hydroxylation is 2. The van der Waals surface area contributed by atoms with E-state index in [-0.39, 0.29) is 17.4 Å². The molecule has 0 bridgehead atoms. The molecule has 0 unspecified atom stereocenters. The van der Waals surface area contributed by atoms with Crippen LogP contribution >= 0.6 is 11.8 Å². The molecule has 32 heavy (non-hydrogen) atoms. The number of benzene rings is 1. The van der Waals surface area contributed by atoms with Crippen LogP contribution in [-0.4, -0.2) is 35.9 Å². The van der Waals surface area contributed by atoms with E-state index in [9.17, 15) is 9.18 Å². The van der Waals surface area contributed by atoms with Crippen LogP contribution in [0.1, 0.15) is 33.1 Å². The van der Waals surface area contributed by atoms with Crippen LogP contribution in [0.3, 0.4) is 0 Å². The standard InChI is InChI=1S/C22H20FN7OS/c1-14-10-15(2)27-22(26-14)32-13-19-20(21(31)25-12-16-4-3-9-24-11-16)28-29-30(19)18-7-5-17(23)6-8-18/h3-11H,12-13H2,1-2H3,(H,25,31). The molecule has 0 fully saturated rings. The summed E-state index contributed by atoms with van der Waals surface area (Å²) in [5.41, 5.74) is 3.94. The summed E-state index contributed by atoms with van der Waals surface area (Å²) in [4.78, 5) is 25.8. The molecule has 0 aliphatic rings. The SMILES string of the molecule is Cc1cc(C)nc(SCc2c(C(=O)NCc3cccnc3)nnn2-c2ccc(F)cc2)n1. The van der Waals surface area contributed by atoms with Crippen LogP contribution in [0.25, 0.3) is 5.69 Å². The van der Waals surface area contributed by atoms with Crippen molar-refractivity contribution in [1.82, 2.24) is 35.3 Å². The van der Waals surface area contributed by atoms with Gasteiger partial charge in [-0.05, 0) is 55.8 Å². The topological polar surface area (TPSA) is 98.5 Å². The number of pyridine rings is 1. The van der Waals surface area contributed by atoms with E-state index in [4.69, 9.17) is 0 Å². The molecule has 0 aliphatic heterocycles. The Hall–Kier alpha value is -3.66. The number of hydrogen-bond donors (Lipinski definition) is 1. The molecule has 8 nitrogen and oxygen atoms in total. The van der Waals surface area contributed by atoms with Crippen molar-refractivity contribution >= 4 is 17.7 Å². The molecule has 0 saturated carbocycles. The fraction of sp³-hybridized carbons (Fsp3) is 0.182. The van der Waals surface area contributed by atoms with Crippen LogP contribution in [0, 0.1) is 19.7 Å². The molecular weight excluding hydrogens is 429 g/mol. The van der Waals surface area contributed by atoms with Gasteiger partial charge in [-0.2, -0.15) is 0 Å². The average Bonchev–Trinajstić information content (AvgIpc) is 3.20. The van der Waals surface area contributed by atoms with E-state index in [1.165, 1.54) is 28.6 Å². The Kier molecular flexibility index (Phi) is 6.50. The fourth-order valence-electron chi connectivity index (χ4n) is 3.06. The lowest BCUT2D eigenvalue weighted by molar-refractivity contribution is 0.0945. The Labute approximate surface area is 188 Å². The first-order valence-electron chi connectivity index (χ1n) is 9.82. The molecule has 0 atom stereocenters. The van der Waals surface area contributed by atoms with Crippen molar-refractivity contribution in [3.8, 4) is 5.69 Å². The van der Waals surface area contributed by atoms with E-state index in [2.05, 4.69) is 30.6 Å². The third-order valence-electron chi connectivity index (χ3n) is 4.53. The predicted molar refractivity (Wildman–Crippen MR) is 118 cm³/mol. The van der Waals surface area contributed by atoms with E-state index in [0.29, 0.717) is 28.8 Å². The van der Waals surface area contributed by atoms with Gasteiger partial charge in [0.25, 0.3) is 5.91 Å². The molecule has 3 heterocycles. The summed E-state index contributed by atoms with van der Waals surface area (Å²) in [6.07, 6.45) is 3.35. The van der Waals surface area contributed by atoms with Crippen molar-refractivity contribution in [2.75, 3.05) is 0 Å². The van der Waals surface area contributed by atoms with Crippen LogP contribution in [0.4, 0.5) is 4.39 Å². The number of aromatic nitrogens is 6. The zero-order valence-electron chi connectivity index (χ0n) is 17.5. The molecule has 162 valence electrons. The number of carbonyl (C=O) groups excluding carboxylic acids is 1. The van der Waals surface area contributed by atoms with Crippen molar-refractivity contribution in [3.05, 3.63) is 89.0 Å². The van der Waals surface area contributed by atoms with E-state index in [1.54, 1.807) is 30.6 Å². The normalized spacial score (nSPS) is 10.8. The highest BCUT2D eigenvalue weighted by Crippen LogP contribution is 2.24. The van der Waals surface area contributed by atoms with Gasteiger partial charge in [-0.3, -0.25) is 9.78 Å². The zero-order chi connectivity index (χ0) is 22.5. The van der Waals surface area contributed by atoms with Gasteiger partial charge in [0.1, 0.15) is 5.82 Å². The average molecular weight is 450 g/mol. The Morgan fingerprint density at radius 3 is 2.56 bits per heavy atom. The maximum Gasteiger partial charge on any atom is 0.274 e. The van der Waals surface area contributed by atoms with Gasteiger partial charge in [0.2, 0.25) is 0 Å². The molecule has 0 radical (unpaired) electrons. The number of thioether (sulfide) groups is 1. The van der Waals surface area contributed by atoms with Gasteiger partial charge in [0, 0.05) is 36.1 Å². The molecule has 4 rings (SSSR count). The van der Waals surface area contributed by atoms with E-state index in [1.807, 2.05) is 26.0 Å². The first-order valence-corrected chi connectivity index (χ1v) is 10.8. The number of halogens is 1. The van der Waals surface area contributed by atoms with E-state index < -0.39 is 0 Å². The second-order valence-electron chi connectivity index (χ2n) is 7.04. The highest BCUT2D eigenvalue weighted by atomic mass is 32.2. The van der Waals surface area contributed by atoms with Gasteiger partial charge >= 0.3 is 0 Å². The van der Waals surface area contributed by atoms with Crippen LogP contribution in [0.5, 0.6) is 0 Å². The predicted octanol–water partition coefficient (Wildman–Crippen LogP) is 3.43. The summed E-state index contributed by atoms with van der Waals surface area (Å²) in [6, 6.07) is 11.4. The van der Waals surface area contributed by atoms with E-state index >= 15 is 0 Å². The van der Waals surface area contributed by atoms with Gasteiger partial charge in [0.05, 0.1) is 11.4 Å². The Morgan fingerprint density at radius 2 is 1.88 bits per heavy atom. The number of amides is 1. The van der Waals surface area contributed by atoms with Crippen molar-refractivity contribution < 1.29 is 9.18 Å². The molecule has 0 aliphatic carbocycles. The maximum absolute atomic E-state index is 13.4. The first-order chi connectivity index (χ1) is 15.5. The van der Waals surface area contributed by atoms with Gasteiger partial charge in [-0.15, -0.1) is 5.10 Å². The lowest BCUT2D eigenvalue weighted by Gasteiger charge is -2.09. The number of hydrogen-bond acceptors (Lipinski definition) is 7. The molecule has 1 N–H and O–H groups in total. The lowest BCUT2D eigenvalue weighted by Crippen LogP contribution is -2.24. The second-order valence-corrected chi connectivity index (χ2v) is 7.98. The van der Waals surface area contributed by atoms with Crippen LogP contribution in [0.2, 0.25) is 0 Å². The van der Waals surface area contributed by atoms with Crippen LogP contribution in [0.15, 0.2) is 60.0 Å². The summed E-state index contributed by atoms with van der Waals surface area (Å²) >= 11 is 1.38. The van der Waals surface area contributed by atoms with Gasteiger partial charge < -0.3 is 5.32 Å². The zero-order valence-corrected chi connectivity index (χ0v) is 18.3. The molecule has 1 aromatic carbocycles. The van der Waals surface area contributed by atoms with Crippen molar-refractivity contribution in [2.24, 2.45) is 0 Å². The van der Waals surface area contributed by atoms with Crippen LogP contribution in [-0.2, 0) is 12.3 Å². The molecular formula is C22H20FN7OS. The number of carbonyl (C=O) groups is 1. The third kappa shape index (κ3) is 5.14. The Balaban J connectivity index is 1.61. The summed E-state index contributed by atoms with van der Waals surface area (Å²) in [5, 5.41) is 11.7. The smallest absolute Gasteiger partial charge is 0.274 e. The summed E-state index contributed by atoms with van der Waals surface area (Å²) in [5.74, 6) is -0.370. The highest BCUT2D eigenvalue weighted by Gasteiger charge is 2.21. The van der Waals surface area contributed by atoms with Gasteiger partial charge in [0.15, 0.2) is 10.9 Å². The summed E-state index contributed by atoms with van der Waals surface area (Å²) in [7, 11) is 0. The monoisotopic (exact) mass is 449 g/mol. The molecule has 1 amide bonds. The quantitative estimate of drug-likeness (QED) is 0.341. The minimum Gasteiger partial charge on any atom is -0.346 e. The summed E-state index contributed by atoms with van der Waals surface area (Å²) < 4.78 is 14.9. The van der Waals surface area contributed by atoms with Crippen LogP contribution < -0.4 is 5.32 Å². The van der Waals surface area contributed by atoms with Gasteiger partial charge in [-0.1, -0.05) is 23.0 Å². The Bertz CT molecular complexity index is 1210. The van der Waals surface area contributed by atoms with Gasteiger partial charge in [-0.25, -0.2) is 19.0 Å². The fourth-order valence-corrected chi connectivity index (χ4v) is 4.00. The van der Waals surface area contributed by atoms with Crippen molar-refractivity contribution in [1.29, 1.82) is 0 Å². The maximum atomic E-state index is 13.4. The number of nitrogens with one attached hydrogen (secondary N) is 1. The van der Waals surface area contributed by atoms with Crippen molar-refractivity contribution in [3.63, 3.8) is 0 Å². The summed E-state index contributed by atoms with van der Waals surface area (Å²) in [6.45, 7) is 4.11. The molecule has 0 saturated heterocycles. The number of rotatable bonds is 7. The molecule has 10 heteroatoms. The Morgan fingerprint density at radius 1 is 1.12 bits per heavy atom. The second kappa shape index (κ2) is 9.65. The molecule has 3 aromatic heterocycles. The minimum absolute atomic E-state index is 0.190. The van der Waals surface area contributed by atoms with E-state index in [0.717, 1.165) is 17.0 Å². The van der Waals surface area contributed by atoms with Crippen molar-refractivity contribution in [2.45, 2.75) is 31.3 Å². The minimum atomic E-state index is -0.362. The number of nitrogens with zero attached hydrogens (tertiary/aromatic N) is 6.